The molecule has 0 N–H and O–H groups in total. The number of hydrogen-bond acceptors (Lipinski definition) is 4. The van der Waals surface area contributed by atoms with Gasteiger partial charge in [-0.15, -0.1) is 0 Å². The van der Waals surface area contributed by atoms with E-state index in [1.54, 1.807) is 12.1 Å². The predicted molar refractivity (Wildman–Crippen MR) is 108 cm³/mol. The summed E-state index contributed by atoms with van der Waals surface area (Å²) in [4.78, 5) is 23.3. The minimum atomic E-state index is -0.415. The SMILES string of the molecule is CCCCCCCCCCCOC(=O)CCC(=O)OCCc1ccc(F)cc1. The minimum Gasteiger partial charge on any atom is -0.466 e. The van der Waals surface area contributed by atoms with Crippen LogP contribution in [-0.2, 0) is 25.5 Å². The lowest BCUT2D eigenvalue weighted by atomic mass is 10.1. The third-order valence-electron chi connectivity index (χ3n) is 4.61. The van der Waals surface area contributed by atoms with Crippen molar-refractivity contribution >= 4 is 11.9 Å². The number of halogens is 1. The van der Waals surface area contributed by atoms with Crippen LogP contribution in [-0.4, -0.2) is 25.2 Å². The first kappa shape index (κ1) is 24.1. The topological polar surface area (TPSA) is 52.6 Å². The molecule has 5 heteroatoms. The van der Waals surface area contributed by atoms with E-state index in [1.165, 1.54) is 57.1 Å². The Kier molecular flexibility index (Phi) is 13.9. The Balaban J connectivity index is 1.92. The summed E-state index contributed by atoms with van der Waals surface area (Å²) in [6.45, 7) is 2.87. The lowest BCUT2D eigenvalue weighted by Gasteiger charge is -2.06. The van der Waals surface area contributed by atoms with E-state index >= 15 is 0 Å². The summed E-state index contributed by atoms with van der Waals surface area (Å²) >= 11 is 0. The van der Waals surface area contributed by atoms with Gasteiger partial charge in [0, 0.05) is 6.42 Å². The second-order valence-corrected chi connectivity index (χ2v) is 7.15. The van der Waals surface area contributed by atoms with E-state index in [0.717, 1.165) is 18.4 Å². The van der Waals surface area contributed by atoms with Gasteiger partial charge in [0.05, 0.1) is 26.1 Å². The van der Waals surface area contributed by atoms with Gasteiger partial charge in [0.2, 0.25) is 0 Å². The molecule has 0 aliphatic heterocycles. The van der Waals surface area contributed by atoms with Crippen molar-refractivity contribution in [3.63, 3.8) is 0 Å². The highest BCUT2D eigenvalue weighted by atomic mass is 19.1. The highest BCUT2D eigenvalue weighted by molar-refractivity contribution is 5.77. The molecule has 0 saturated carbocycles. The molecule has 0 atom stereocenters. The Bertz CT molecular complexity index is 542. The van der Waals surface area contributed by atoms with Crippen LogP contribution in [0, 0.1) is 5.82 Å². The highest BCUT2D eigenvalue weighted by Gasteiger charge is 2.09. The molecule has 0 spiro atoms. The molecule has 0 amide bonds. The van der Waals surface area contributed by atoms with Crippen LogP contribution in [0.5, 0.6) is 0 Å². The number of carbonyl (C=O) groups is 2. The van der Waals surface area contributed by atoms with Crippen LogP contribution in [0.4, 0.5) is 4.39 Å². The van der Waals surface area contributed by atoms with Crippen molar-refractivity contribution in [1.82, 2.24) is 0 Å². The van der Waals surface area contributed by atoms with Gasteiger partial charge in [-0.3, -0.25) is 9.59 Å². The van der Waals surface area contributed by atoms with E-state index in [4.69, 9.17) is 9.47 Å². The zero-order chi connectivity index (χ0) is 20.5. The Morgan fingerprint density at radius 1 is 0.750 bits per heavy atom. The maximum absolute atomic E-state index is 12.8. The van der Waals surface area contributed by atoms with Gasteiger partial charge in [-0.25, -0.2) is 4.39 Å². The standard InChI is InChI=1S/C23H35FO4/c1-2-3-4-5-6-7-8-9-10-18-27-22(25)15-16-23(26)28-19-17-20-11-13-21(24)14-12-20/h11-14H,2-10,15-19H2,1H3. The largest absolute Gasteiger partial charge is 0.466 e. The fourth-order valence-corrected chi connectivity index (χ4v) is 2.88. The molecular weight excluding hydrogens is 359 g/mol. The number of hydrogen-bond donors (Lipinski definition) is 0. The minimum absolute atomic E-state index is 0.0278. The highest BCUT2D eigenvalue weighted by Crippen LogP contribution is 2.10. The smallest absolute Gasteiger partial charge is 0.306 e. The molecule has 0 saturated heterocycles. The number of rotatable bonds is 16. The molecule has 1 aromatic carbocycles. The third-order valence-corrected chi connectivity index (χ3v) is 4.61. The van der Waals surface area contributed by atoms with E-state index in [9.17, 15) is 14.0 Å². The van der Waals surface area contributed by atoms with Crippen molar-refractivity contribution < 1.29 is 23.5 Å². The summed E-state index contributed by atoms with van der Waals surface area (Å²) in [6, 6.07) is 6.07. The fraction of sp³-hybridized carbons (Fsp3) is 0.652. The maximum atomic E-state index is 12.8. The average molecular weight is 395 g/mol. The molecule has 0 aromatic heterocycles. The quantitative estimate of drug-likeness (QED) is 0.264. The van der Waals surface area contributed by atoms with E-state index in [1.807, 2.05) is 0 Å². The van der Waals surface area contributed by atoms with E-state index in [0.29, 0.717) is 13.0 Å². The molecule has 28 heavy (non-hydrogen) atoms. The monoisotopic (exact) mass is 394 g/mol. The van der Waals surface area contributed by atoms with E-state index in [-0.39, 0.29) is 31.2 Å². The zero-order valence-corrected chi connectivity index (χ0v) is 17.2. The number of ether oxygens (including phenoxy) is 2. The van der Waals surface area contributed by atoms with Gasteiger partial charge in [0.25, 0.3) is 0 Å². The second kappa shape index (κ2) is 16.1. The molecule has 0 radical (unpaired) electrons. The van der Waals surface area contributed by atoms with Crippen molar-refractivity contribution in [2.45, 2.75) is 84.0 Å². The fourth-order valence-electron chi connectivity index (χ4n) is 2.88. The molecule has 0 bridgehead atoms. The maximum Gasteiger partial charge on any atom is 0.306 e. The van der Waals surface area contributed by atoms with Gasteiger partial charge in [-0.05, 0) is 24.1 Å². The summed E-state index contributed by atoms with van der Waals surface area (Å²) in [5.41, 5.74) is 0.898. The van der Waals surface area contributed by atoms with Crippen LogP contribution >= 0.6 is 0 Å². The first-order valence-corrected chi connectivity index (χ1v) is 10.7. The van der Waals surface area contributed by atoms with Crippen molar-refractivity contribution in [1.29, 1.82) is 0 Å². The molecule has 0 fully saturated rings. The van der Waals surface area contributed by atoms with Gasteiger partial charge in [-0.1, -0.05) is 70.4 Å². The van der Waals surface area contributed by atoms with Crippen LogP contribution in [0.3, 0.4) is 0 Å². The van der Waals surface area contributed by atoms with E-state index < -0.39 is 5.97 Å². The van der Waals surface area contributed by atoms with Gasteiger partial charge < -0.3 is 9.47 Å². The number of unbranched alkanes of at least 4 members (excludes halogenated alkanes) is 8. The summed E-state index contributed by atoms with van der Waals surface area (Å²) < 4.78 is 23.0. The first-order valence-electron chi connectivity index (χ1n) is 10.7. The molecular formula is C23H35FO4. The summed E-state index contributed by atoms with van der Waals surface area (Å²) in [5.74, 6) is -1.06. The molecule has 4 nitrogen and oxygen atoms in total. The zero-order valence-electron chi connectivity index (χ0n) is 17.2. The van der Waals surface area contributed by atoms with Gasteiger partial charge >= 0.3 is 11.9 Å². The Morgan fingerprint density at radius 2 is 1.25 bits per heavy atom. The molecule has 1 aromatic rings. The Labute approximate surface area is 168 Å². The lowest BCUT2D eigenvalue weighted by Crippen LogP contribution is -2.12. The van der Waals surface area contributed by atoms with Crippen molar-refractivity contribution in [2.24, 2.45) is 0 Å². The molecule has 158 valence electrons. The summed E-state index contributed by atoms with van der Waals surface area (Å²) in [6.07, 6.45) is 11.5. The van der Waals surface area contributed by atoms with Crippen LogP contribution in [0.15, 0.2) is 24.3 Å². The van der Waals surface area contributed by atoms with Gasteiger partial charge in [0.1, 0.15) is 5.82 Å². The molecule has 0 aliphatic carbocycles. The van der Waals surface area contributed by atoms with Crippen LogP contribution in [0.2, 0.25) is 0 Å². The van der Waals surface area contributed by atoms with Gasteiger partial charge in [0.15, 0.2) is 0 Å². The third kappa shape index (κ3) is 13.3. The Morgan fingerprint density at radius 3 is 1.82 bits per heavy atom. The molecule has 0 aliphatic rings. The lowest BCUT2D eigenvalue weighted by molar-refractivity contribution is -0.150. The average Bonchev–Trinajstić information content (AvgIpc) is 2.69. The number of esters is 2. The van der Waals surface area contributed by atoms with Crippen LogP contribution in [0.1, 0.15) is 83.1 Å². The summed E-state index contributed by atoms with van der Waals surface area (Å²) in [5, 5.41) is 0. The predicted octanol–water partition coefficient (Wildman–Crippen LogP) is 5.77. The van der Waals surface area contributed by atoms with E-state index in [2.05, 4.69) is 6.92 Å². The molecule has 1 rings (SSSR count). The van der Waals surface area contributed by atoms with Crippen LogP contribution < -0.4 is 0 Å². The molecule has 0 heterocycles. The van der Waals surface area contributed by atoms with Crippen molar-refractivity contribution in [2.75, 3.05) is 13.2 Å². The van der Waals surface area contributed by atoms with Crippen molar-refractivity contribution in [3.8, 4) is 0 Å². The number of carbonyl (C=O) groups excluding carboxylic acids is 2. The van der Waals surface area contributed by atoms with Gasteiger partial charge in [-0.2, -0.15) is 0 Å². The number of benzene rings is 1. The van der Waals surface area contributed by atoms with Crippen molar-refractivity contribution in [3.05, 3.63) is 35.6 Å². The first-order chi connectivity index (χ1) is 13.6. The normalized spacial score (nSPS) is 10.6. The molecule has 0 unspecified atom stereocenters. The van der Waals surface area contributed by atoms with Crippen LogP contribution in [0.25, 0.3) is 0 Å². The summed E-state index contributed by atoms with van der Waals surface area (Å²) in [7, 11) is 0. The second-order valence-electron chi connectivity index (χ2n) is 7.15. The Hall–Kier alpha value is -1.91.